The molecule has 0 aliphatic carbocycles. The van der Waals surface area contributed by atoms with Gasteiger partial charge >= 0.3 is 0 Å². The molecule has 1 saturated heterocycles. The summed E-state index contributed by atoms with van der Waals surface area (Å²) in [5.41, 5.74) is 0.515. The first kappa shape index (κ1) is 15.9. The summed E-state index contributed by atoms with van der Waals surface area (Å²) in [6.45, 7) is 11.1. The molecular weight excluding hydrogens is 318 g/mol. The van der Waals surface area contributed by atoms with E-state index >= 15 is 0 Å². The maximum atomic E-state index is 3.49. The van der Waals surface area contributed by atoms with Crippen LogP contribution in [0, 0.1) is 11.3 Å². The minimum Gasteiger partial charge on any atom is -0.303 e. The monoisotopic (exact) mass is 341 g/mol. The van der Waals surface area contributed by atoms with Gasteiger partial charge < -0.3 is 4.90 Å². The van der Waals surface area contributed by atoms with Crippen molar-refractivity contribution in [2.24, 2.45) is 11.3 Å². The van der Waals surface area contributed by atoms with Gasteiger partial charge in [-0.1, -0.05) is 36.7 Å². The van der Waals surface area contributed by atoms with Crippen LogP contribution in [0.3, 0.4) is 0 Å². The van der Waals surface area contributed by atoms with E-state index in [1.807, 2.05) is 0 Å². The minimum absolute atomic E-state index is 0. The Labute approximate surface area is 114 Å². The van der Waals surface area contributed by atoms with Gasteiger partial charge in [-0.3, -0.25) is 0 Å². The second-order valence-corrected chi connectivity index (χ2v) is 6.32. The van der Waals surface area contributed by atoms with Crippen LogP contribution in [-0.2, 0) is 0 Å². The predicted octanol–water partition coefficient (Wildman–Crippen LogP) is 4.11. The molecule has 0 aromatic rings. The number of rotatable bonds is 3. The van der Waals surface area contributed by atoms with E-state index in [0.717, 1.165) is 11.2 Å². The molecule has 0 bridgehead atoms. The van der Waals surface area contributed by atoms with Gasteiger partial charge in [0, 0.05) is 5.33 Å². The van der Waals surface area contributed by atoms with Crippen molar-refractivity contribution in [2.45, 2.75) is 40.0 Å². The summed E-state index contributed by atoms with van der Waals surface area (Å²) in [6, 6.07) is 0. The van der Waals surface area contributed by atoms with E-state index in [2.05, 4.69) is 41.6 Å². The Morgan fingerprint density at radius 1 is 1.20 bits per heavy atom. The highest BCUT2D eigenvalue weighted by Gasteiger charge is 2.28. The topological polar surface area (TPSA) is 3.24 Å². The highest BCUT2D eigenvalue weighted by Crippen LogP contribution is 2.34. The van der Waals surface area contributed by atoms with E-state index in [4.69, 9.17) is 0 Å². The van der Waals surface area contributed by atoms with Crippen LogP contribution in [0.2, 0.25) is 0 Å². The fourth-order valence-corrected chi connectivity index (χ4v) is 2.56. The molecule has 0 aromatic carbocycles. The third-order valence-electron chi connectivity index (χ3n) is 3.42. The van der Waals surface area contributed by atoms with Crippen LogP contribution < -0.4 is 0 Å². The fraction of sp³-hybridized carbons (Fsp3) is 1.00. The molecule has 0 N–H and O–H groups in total. The van der Waals surface area contributed by atoms with Crippen LogP contribution >= 0.6 is 32.9 Å². The van der Waals surface area contributed by atoms with Gasteiger partial charge in [-0.05, 0) is 50.2 Å². The van der Waals surface area contributed by atoms with E-state index in [1.54, 1.807) is 0 Å². The molecule has 3 heteroatoms. The van der Waals surface area contributed by atoms with Gasteiger partial charge in [0.1, 0.15) is 0 Å². The SMILES string of the molecule is Br.CC(C)(C)C1CCN(CCCBr)CC1. The third kappa shape index (κ3) is 5.69. The quantitative estimate of drug-likeness (QED) is 0.698. The molecule has 15 heavy (non-hydrogen) atoms. The Morgan fingerprint density at radius 2 is 1.73 bits per heavy atom. The summed E-state index contributed by atoms with van der Waals surface area (Å²) in [6.07, 6.45) is 4.08. The van der Waals surface area contributed by atoms with Crippen molar-refractivity contribution in [3.63, 3.8) is 0 Å². The van der Waals surface area contributed by atoms with E-state index in [0.29, 0.717) is 5.41 Å². The molecule has 0 aromatic heterocycles. The largest absolute Gasteiger partial charge is 0.303 e. The molecule has 92 valence electrons. The zero-order valence-electron chi connectivity index (χ0n) is 10.3. The normalized spacial score (nSPS) is 20.0. The van der Waals surface area contributed by atoms with E-state index < -0.39 is 0 Å². The Kier molecular flexibility index (Phi) is 7.73. The van der Waals surface area contributed by atoms with Crippen molar-refractivity contribution < 1.29 is 0 Å². The van der Waals surface area contributed by atoms with Crippen LogP contribution in [0.1, 0.15) is 40.0 Å². The fourth-order valence-electron chi connectivity index (χ4n) is 2.31. The lowest BCUT2D eigenvalue weighted by Crippen LogP contribution is -2.38. The van der Waals surface area contributed by atoms with Gasteiger partial charge in [0.15, 0.2) is 0 Å². The second-order valence-electron chi connectivity index (χ2n) is 5.52. The van der Waals surface area contributed by atoms with Crippen molar-refractivity contribution in [3.8, 4) is 0 Å². The maximum absolute atomic E-state index is 3.49. The smallest absolute Gasteiger partial charge is 0.00434 e. The molecule has 0 atom stereocenters. The van der Waals surface area contributed by atoms with Crippen LogP contribution in [0.15, 0.2) is 0 Å². The number of alkyl halides is 1. The van der Waals surface area contributed by atoms with Crippen LogP contribution in [0.25, 0.3) is 0 Å². The summed E-state index contributed by atoms with van der Waals surface area (Å²) < 4.78 is 0. The first-order chi connectivity index (χ1) is 6.54. The first-order valence-corrected chi connectivity index (χ1v) is 6.94. The summed E-state index contributed by atoms with van der Waals surface area (Å²) in [5.74, 6) is 0.933. The lowest BCUT2D eigenvalue weighted by atomic mass is 9.75. The van der Waals surface area contributed by atoms with Gasteiger partial charge in [0.2, 0.25) is 0 Å². The molecule has 0 saturated carbocycles. The molecule has 0 spiro atoms. The summed E-state index contributed by atoms with van der Waals surface area (Å²) in [4.78, 5) is 2.61. The molecule has 1 aliphatic heterocycles. The molecule has 0 unspecified atom stereocenters. The van der Waals surface area contributed by atoms with Gasteiger partial charge in [-0.15, -0.1) is 17.0 Å². The van der Waals surface area contributed by atoms with Crippen molar-refractivity contribution in [3.05, 3.63) is 0 Å². The highest BCUT2D eigenvalue weighted by molar-refractivity contribution is 9.09. The van der Waals surface area contributed by atoms with Crippen molar-refractivity contribution >= 4 is 32.9 Å². The lowest BCUT2D eigenvalue weighted by molar-refractivity contribution is 0.113. The molecule has 0 radical (unpaired) electrons. The average molecular weight is 343 g/mol. The molecule has 1 heterocycles. The Morgan fingerprint density at radius 3 is 2.13 bits per heavy atom. The molecular formula is C12H25Br2N. The molecule has 1 aliphatic rings. The zero-order valence-corrected chi connectivity index (χ0v) is 13.6. The van der Waals surface area contributed by atoms with Crippen LogP contribution in [0.4, 0.5) is 0 Å². The van der Waals surface area contributed by atoms with E-state index in [9.17, 15) is 0 Å². The van der Waals surface area contributed by atoms with Gasteiger partial charge in [0.25, 0.3) is 0 Å². The van der Waals surface area contributed by atoms with Crippen molar-refractivity contribution in [1.82, 2.24) is 4.90 Å². The average Bonchev–Trinajstić information content (AvgIpc) is 2.14. The highest BCUT2D eigenvalue weighted by atomic mass is 79.9. The van der Waals surface area contributed by atoms with E-state index in [-0.39, 0.29) is 17.0 Å². The number of piperidine rings is 1. The first-order valence-electron chi connectivity index (χ1n) is 5.82. The second kappa shape index (κ2) is 7.29. The molecule has 1 rings (SSSR count). The number of likely N-dealkylation sites (tertiary alicyclic amines) is 1. The standard InChI is InChI=1S/C12H24BrN.BrH/c1-12(2,3)11-5-9-14(10-6-11)8-4-7-13;/h11H,4-10H2,1-3H3;1H. The molecule has 1 nitrogen and oxygen atoms in total. The number of hydrogen-bond donors (Lipinski definition) is 0. The van der Waals surface area contributed by atoms with Gasteiger partial charge in [-0.2, -0.15) is 0 Å². The van der Waals surface area contributed by atoms with Gasteiger partial charge in [-0.25, -0.2) is 0 Å². The number of hydrogen-bond acceptors (Lipinski definition) is 1. The Hall–Kier alpha value is 0.920. The van der Waals surface area contributed by atoms with E-state index in [1.165, 1.54) is 38.9 Å². The third-order valence-corrected chi connectivity index (χ3v) is 3.98. The minimum atomic E-state index is 0. The summed E-state index contributed by atoms with van der Waals surface area (Å²) >= 11 is 3.49. The van der Waals surface area contributed by atoms with Crippen LogP contribution in [0.5, 0.6) is 0 Å². The van der Waals surface area contributed by atoms with Crippen molar-refractivity contribution in [2.75, 3.05) is 25.0 Å². The molecule has 0 amide bonds. The molecule has 1 fully saturated rings. The predicted molar refractivity (Wildman–Crippen MR) is 77.4 cm³/mol. The number of halogens is 2. The van der Waals surface area contributed by atoms with Crippen molar-refractivity contribution in [1.29, 1.82) is 0 Å². The summed E-state index contributed by atoms with van der Waals surface area (Å²) in [5, 5.41) is 1.15. The summed E-state index contributed by atoms with van der Waals surface area (Å²) in [7, 11) is 0. The zero-order chi connectivity index (χ0) is 10.6. The Balaban J connectivity index is 0.00000196. The van der Waals surface area contributed by atoms with Crippen LogP contribution in [-0.4, -0.2) is 29.9 Å². The maximum Gasteiger partial charge on any atom is 0.00434 e. The number of nitrogens with zero attached hydrogens (tertiary/aromatic N) is 1. The lowest BCUT2D eigenvalue weighted by Gasteiger charge is -2.38. The van der Waals surface area contributed by atoms with Gasteiger partial charge in [0.05, 0.1) is 0 Å². The Bertz CT molecular complexity index is 157.